The minimum atomic E-state index is -0.769. The van der Waals surface area contributed by atoms with Gasteiger partial charge in [0.05, 0.1) is 18.6 Å². The Labute approximate surface area is 147 Å². The summed E-state index contributed by atoms with van der Waals surface area (Å²) in [7, 11) is 0. The van der Waals surface area contributed by atoms with Crippen LogP contribution in [0.2, 0.25) is 0 Å². The van der Waals surface area contributed by atoms with E-state index >= 15 is 0 Å². The number of amides is 1. The number of rotatable bonds is 7. The standard InChI is InChI=1S/C21H21NO3/c23-20(18-11-12-25-15-18)14-22-21(24)13-19(16-7-3-1-4-8-16)17-9-5-2-6-10-17/h1-12,15,19-20,23H,13-14H2,(H,22,24). The van der Waals surface area contributed by atoms with E-state index in [4.69, 9.17) is 4.42 Å². The van der Waals surface area contributed by atoms with Crippen LogP contribution in [0.1, 0.15) is 35.1 Å². The maximum Gasteiger partial charge on any atom is 0.221 e. The van der Waals surface area contributed by atoms with Crippen molar-refractivity contribution in [2.45, 2.75) is 18.4 Å². The molecule has 128 valence electrons. The van der Waals surface area contributed by atoms with Gasteiger partial charge in [-0.05, 0) is 17.2 Å². The van der Waals surface area contributed by atoms with Crippen LogP contribution in [0, 0.1) is 0 Å². The lowest BCUT2D eigenvalue weighted by Crippen LogP contribution is -2.29. The van der Waals surface area contributed by atoms with E-state index in [1.165, 1.54) is 12.5 Å². The molecule has 0 saturated carbocycles. The maximum atomic E-state index is 12.4. The molecule has 0 saturated heterocycles. The summed E-state index contributed by atoms with van der Waals surface area (Å²) in [6.45, 7) is 0.161. The normalized spacial score (nSPS) is 12.1. The first kappa shape index (κ1) is 17.0. The molecule has 0 fully saturated rings. The van der Waals surface area contributed by atoms with E-state index in [-0.39, 0.29) is 18.4 Å². The largest absolute Gasteiger partial charge is 0.472 e. The Kier molecular flexibility index (Phi) is 5.65. The van der Waals surface area contributed by atoms with E-state index in [9.17, 15) is 9.90 Å². The zero-order chi connectivity index (χ0) is 17.5. The molecule has 0 aliphatic carbocycles. The summed E-state index contributed by atoms with van der Waals surface area (Å²) < 4.78 is 4.95. The van der Waals surface area contributed by atoms with Gasteiger partial charge in [0, 0.05) is 24.4 Å². The maximum absolute atomic E-state index is 12.4. The Hall–Kier alpha value is -2.85. The molecular weight excluding hydrogens is 314 g/mol. The predicted octanol–water partition coefficient (Wildman–Crippen LogP) is 3.65. The molecule has 1 unspecified atom stereocenters. The highest BCUT2D eigenvalue weighted by Crippen LogP contribution is 2.27. The van der Waals surface area contributed by atoms with E-state index in [2.05, 4.69) is 5.32 Å². The summed E-state index contributed by atoms with van der Waals surface area (Å²) in [4.78, 5) is 12.4. The lowest BCUT2D eigenvalue weighted by molar-refractivity contribution is -0.121. The fraction of sp³-hybridized carbons (Fsp3) is 0.190. The first-order valence-corrected chi connectivity index (χ1v) is 8.31. The fourth-order valence-corrected chi connectivity index (χ4v) is 2.85. The molecule has 0 aliphatic heterocycles. The molecule has 0 aliphatic rings. The quantitative estimate of drug-likeness (QED) is 0.693. The van der Waals surface area contributed by atoms with Crippen molar-refractivity contribution in [2.75, 3.05) is 6.54 Å². The average Bonchev–Trinajstić information content (AvgIpc) is 3.20. The summed E-state index contributed by atoms with van der Waals surface area (Å²) in [6, 6.07) is 21.7. The van der Waals surface area contributed by atoms with Gasteiger partial charge >= 0.3 is 0 Å². The van der Waals surface area contributed by atoms with Crippen molar-refractivity contribution in [3.63, 3.8) is 0 Å². The van der Waals surface area contributed by atoms with Crippen molar-refractivity contribution < 1.29 is 14.3 Å². The molecule has 1 heterocycles. The third-order valence-electron chi connectivity index (χ3n) is 4.21. The SMILES string of the molecule is O=C(CC(c1ccccc1)c1ccccc1)NCC(O)c1ccoc1. The zero-order valence-corrected chi connectivity index (χ0v) is 13.8. The van der Waals surface area contributed by atoms with Crippen LogP contribution >= 0.6 is 0 Å². The summed E-state index contributed by atoms with van der Waals surface area (Å²) in [5.74, 6) is -0.117. The highest BCUT2D eigenvalue weighted by molar-refractivity contribution is 5.77. The topological polar surface area (TPSA) is 62.5 Å². The van der Waals surface area contributed by atoms with Crippen LogP contribution < -0.4 is 5.32 Å². The average molecular weight is 335 g/mol. The second-order valence-corrected chi connectivity index (χ2v) is 5.95. The Morgan fingerprint density at radius 1 is 0.920 bits per heavy atom. The van der Waals surface area contributed by atoms with Crippen LogP contribution in [-0.2, 0) is 4.79 Å². The van der Waals surface area contributed by atoms with Gasteiger partial charge in [0.2, 0.25) is 5.91 Å². The van der Waals surface area contributed by atoms with Gasteiger partial charge in [0.1, 0.15) is 0 Å². The summed E-state index contributed by atoms with van der Waals surface area (Å²) in [5, 5.41) is 12.9. The van der Waals surface area contributed by atoms with Gasteiger partial charge in [0.15, 0.2) is 0 Å². The zero-order valence-electron chi connectivity index (χ0n) is 13.8. The molecule has 0 radical (unpaired) electrons. The van der Waals surface area contributed by atoms with Crippen LogP contribution in [0.15, 0.2) is 83.7 Å². The number of hydrogen-bond acceptors (Lipinski definition) is 3. The van der Waals surface area contributed by atoms with Crippen LogP contribution in [-0.4, -0.2) is 17.6 Å². The molecule has 4 heteroatoms. The van der Waals surface area contributed by atoms with E-state index < -0.39 is 6.10 Å². The Morgan fingerprint density at radius 2 is 1.52 bits per heavy atom. The molecule has 0 bridgehead atoms. The number of benzene rings is 2. The van der Waals surface area contributed by atoms with E-state index in [0.29, 0.717) is 12.0 Å². The molecule has 1 atom stereocenters. The van der Waals surface area contributed by atoms with Crippen LogP contribution in [0.5, 0.6) is 0 Å². The summed E-state index contributed by atoms with van der Waals surface area (Å²) >= 11 is 0. The molecule has 3 aromatic rings. The molecule has 0 spiro atoms. The minimum Gasteiger partial charge on any atom is -0.472 e. The number of hydrogen-bond donors (Lipinski definition) is 2. The first-order valence-electron chi connectivity index (χ1n) is 8.31. The number of aliphatic hydroxyl groups is 1. The number of aliphatic hydroxyl groups excluding tert-OH is 1. The molecule has 1 amide bonds. The first-order chi connectivity index (χ1) is 12.2. The monoisotopic (exact) mass is 335 g/mol. The van der Waals surface area contributed by atoms with Crippen molar-refractivity contribution in [3.8, 4) is 0 Å². The van der Waals surface area contributed by atoms with E-state index in [0.717, 1.165) is 11.1 Å². The number of nitrogens with one attached hydrogen (secondary N) is 1. The number of carbonyl (C=O) groups excluding carboxylic acids is 1. The highest BCUT2D eigenvalue weighted by Gasteiger charge is 2.19. The van der Waals surface area contributed by atoms with Gasteiger partial charge < -0.3 is 14.8 Å². The number of furan rings is 1. The van der Waals surface area contributed by atoms with Gasteiger partial charge in [-0.25, -0.2) is 0 Å². The van der Waals surface area contributed by atoms with E-state index in [1.807, 2.05) is 60.7 Å². The van der Waals surface area contributed by atoms with Gasteiger partial charge in [0.25, 0.3) is 0 Å². The molecule has 25 heavy (non-hydrogen) atoms. The molecule has 4 nitrogen and oxygen atoms in total. The summed E-state index contributed by atoms with van der Waals surface area (Å²) in [6.07, 6.45) is 2.54. The third-order valence-corrected chi connectivity index (χ3v) is 4.21. The van der Waals surface area contributed by atoms with Gasteiger partial charge in [-0.15, -0.1) is 0 Å². The van der Waals surface area contributed by atoms with Crippen LogP contribution in [0.25, 0.3) is 0 Å². The second kappa shape index (κ2) is 8.31. The number of carbonyl (C=O) groups is 1. The fourth-order valence-electron chi connectivity index (χ4n) is 2.85. The minimum absolute atomic E-state index is 0.0199. The molecule has 2 N–H and O–H groups in total. The van der Waals surface area contributed by atoms with Crippen molar-refractivity contribution >= 4 is 5.91 Å². The molecule has 3 rings (SSSR count). The molecule has 2 aromatic carbocycles. The Balaban J connectivity index is 1.67. The van der Waals surface area contributed by atoms with Crippen molar-refractivity contribution in [2.24, 2.45) is 0 Å². The second-order valence-electron chi connectivity index (χ2n) is 5.95. The molecule has 1 aromatic heterocycles. The summed E-state index contributed by atoms with van der Waals surface area (Å²) in [5.41, 5.74) is 2.85. The van der Waals surface area contributed by atoms with Gasteiger partial charge in [-0.2, -0.15) is 0 Å². The van der Waals surface area contributed by atoms with Gasteiger partial charge in [-0.1, -0.05) is 60.7 Å². The van der Waals surface area contributed by atoms with Crippen molar-refractivity contribution in [1.29, 1.82) is 0 Å². The highest BCUT2D eigenvalue weighted by atomic mass is 16.3. The van der Waals surface area contributed by atoms with Gasteiger partial charge in [-0.3, -0.25) is 4.79 Å². The third kappa shape index (κ3) is 4.58. The lowest BCUT2D eigenvalue weighted by atomic mass is 9.88. The Morgan fingerprint density at radius 3 is 2.04 bits per heavy atom. The van der Waals surface area contributed by atoms with Crippen LogP contribution in [0.4, 0.5) is 0 Å². The van der Waals surface area contributed by atoms with Crippen molar-refractivity contribution in [1.82, 2.24) is 5.32 Å². The van der Waals surface area contributed by atoms with Crippen LogP contribution in [0.3, 0.4) is 0 Å². The lowest BCUT2D eigenvalue weighted by Gasteiger charge is -2.18. The molecular formula is C21H21NO3. The van der Waals surface area contributed by atoms with Crippen molar-refractivity contribution in [3.05, 3.63) is 95.9 Å². The Bertz CT molecular complexity index is 730. The smallest absolute Gasteiger partial charge is 0.221 e. The van der Waals surface area contributed by atoms with E-state index in [1.54, 1.807) is 6.07 Å². The predicted molar refractivity (Wildman–Crippen MR) is 96.0 cm³/mol.